The molecule has 0 aliphatic heterocycles. The highest BCUT2D eigenvalue weighted by Gasteiger charge is 2.19. The van der Waals surface area contributed by atoms with Gasteiger partial charge in [-0.25, -0.2) is 13.9 Å². The summed E-state index contributed by atoms with van der Waals surface area (Å²) < 4.78 is 16.8. The summed E-state index contributed by atoms with van der Waals surface area (Å²) in [5.41, 5.74) is 5.16. The molecule has 5 nitrogen and oxygen atoms in total. The van der Waals surface area contributed by atoms with Gasteiger partial charge in [0.1, 0.15) is 11.5 Å². The van der Waals surface area contributed by atoms with Gasteiger partial charge in [0.05, 0.1) is 11.3 Å². The lowest BCUT2D eigenvalue weighted by Gasteiger charge is -2.04. The second-order valence-corrected chi connectivity index (χ2v) is 5.47. The van der Waals surface area contributed by atoms with Crippen LogP contribution in [0, 0.1) is 12.7 Å². The van der Waals surface area contributed by atoms with Crippen molar-refractivity contribution in [2.45, 2.75) is 6.92 Å². The maximum Gasteiger partial charge on any atom is 0.165 e. The first-order chi connectivity index (χ1) is 11.1. The van der Waals surface area contributed by atoms with E-state index in [1.807, 2.05) is 32.4 Å². The zero-order valence-corrected chi connectivity index (χ0v) is 12.7. The molecule has 4 aromatic rings. The van der Waals surface area contributed by atoms with Crippen molar-refractivity contribution in [2.75, 3.05) is 0 Å². The molecule has 0 N–H and O–H groups in total. The molecule has 0 bridgehead atoms. The lowest BCUT2D eigenvalue weighted by atomic mass is 10.1. The van der Waals surface area contributed by atoms with E-state index < -0.39 is 0 Å². The van der Waals surface area contributed by atoms with Crippen LogP contribution in [0.15, 0.2) is 48.9 Å². The summed E-state index contributed by atoms with van der Waals surface area (Å²) in [6.45, 7) is 1.97. The van der Waals surface area contributed by atoms with Crippen LogP contribution in [0.4, 0.5) is 4.39 Å². The van der Waals surface area contributed by atoms with Crippen LogP contribution < -0.4 is 0 Å². The van der Waals surface area contributed by atoms with Gasteiger partial charge in [0, 0.05) is 31.2 Å². The number of hydrogen-bond donors (Lipinski definition) is 0. The third-order valence-corrected chi connectivity index (χ3v) is 3.80. The first-order valence-electron chi connectivity index (χ1n) is 7.23. The molecule has 4 rings (SSSR count). The van der Waals surface area contributed by atoms with E-state index >= 15 is 0 Å². The average Bonchev–Trinajstić information content (AvgIpc) is 3.10. The van der Waals surface area contributed by atoms with Crippen LogP contribution in [0.25, 0.3) is 28.2 Å². The number of nitrogens with zero attached hydrogens (tertiary/aromatic N) is 5. The molecular weight excluding hydrogens is 293 g/mol. The molecule has 0 aliphatic rings. The van der Waals surface area contributed by atoms with Crippen molar-refractivity contribution in [3.05, 3.63) is 60.3 Å². The fourth-order valence-electron chi connectivity index (χ4n) is 2.69. The van der Waals surface area contributed by atoms with Gasteiger partial charge in [-0.3, -0.25) is 4.68 Å². The Hall–Kier alpha value is -3.02. The molecule has 0 aliphatic carbocycles. The van der Waals surface area contributed by atoms with Gasteiger partial charge in [-0.1, -0.05) is 0 Å². The van der Waals surface area contributed by atoms with E-state index in [4.69, 9.17) is 0 Å². The molecule has 0 fully saturated rings. The van der Waals surface area contributed by atoms with Crippen molar-refractivity contribution >= 4 is 5.65 Å². The quantitative estimate of drug-likeness (QED) is 0.571. The number of hydrogen-bond acceptors (Lipinski definition) is 3. The largest absolute Gasteiger partial charge is 0.268 e. The second-order valence-electron chi connectivity index (χ2n) is 5.47. The van der Waals surface area contributed by atoms with Crippen LogP contribution in [-0.4, -0.2) is 24.4 Å². The number of halogens is 1. The maximum atomic E-state index is 13.2. The Morgan fingerprint density at radius 1 is 1.09 bits per heavy atom. The molecule has 0 radical (unpaired) electrons. The molecule has 6 heteroatoms. The predicted octanol–water partition coefficient (Wildman–Crippen LogP) is 3.24. The van der Waals surface area contributed by atoms with Gasteiger partial charge in [0.25, 0.3) is 0 Å². The van der Waals surface area contributed by atoms with E-state index in [2.05, 4.69) is 15.2 Å². The van der Waals surface area contributed by atoms with Gasteiger partial charge < -0.3 is 0 Å². The number of aryl methyl sites for hydroxylation is 2. The first-order valence-corrected chi connectivity index (χ1v) is 7.23. The summed E-state index contributed by atoms with van der Waals surface area (Å²) in [5.74, 6) is -0.270. The van der Waals surface area contributed by atoms with Gasteiger partial charge in [-0.15, -0.1) is 0 Å². The molecule has 0 amide bonds. The molecule has 0 spiro atoms. The van der Waals surface area contributed by atoms with Crippen LogP contribution in [0.1, 0.15) is 5.56 Å². The van der Waals surface area contributed by atoms with E-state index in [1.54, 1.807) is 27.5 Å². The zero-order valence-electron chi connectivity index (χ0n) is 12.7. The number of rotatable bonds is 2. The maximum absolute atomic E-state index is 13.2. The molecule has 0 saturated carbocycles. The van der Waals surface area contributed by atoms with Crippen LogP contribution in [0.3, 0.4) is 0 Å². The van der Waals surface area contributed by atoms with Gasteiger partial charge >= 0.3 is 0 Å². The highest BCUT2D eigenvalue weighted by atomic mass is 19.1. The Balaban J connectivity index is 2.06. The Kier molecular flexibility index (Phi) is 2.97. The minimum absolute atomic E-state index is 0.270. The van der Waals surface area contributed by atoms with E-state index in [9.17, 15) is 4.39 Å². The predicted molar refractivity (Wildman–Crippen MR) is 85.3 cm³/mol. The number of benzene rings is 1. The highest BCUT2D eigenvalue weighted by molar-refractivity contribution is 5.89. The van der Waals surface area contributed by atoms with E-state index in [0.717, 1.165) is 33.7 Å². The van der Waals surface area contributed by atoms with Crippen molar-refractivity contribution in [2.24, 2.45) is 7.05 Å². The molecule has 114 valence electrons. The Labute approximate surface area is 132 Å². The Bertz CT molecular complexity index is 998. The summed E-state index contributed by atoms with van der Waals surface area (Å²) in [6, 6.07) is 8.25. The average molecular weight is 307 g/mol. The van der Waals surface area contributed by atoms with Crippen molar-refractivity contribution in [1.82, 2.24) is 24.4 Å². The Morgan fingerprint density at radius 2 is 1.87 bits per heavy atom. The third kappa shape index (κ3) is 2.19. The SMILES string of the molecule is Cc1cnc2c(-c3ccnn3C)c(-c3ccc(F)cc3)nn2c1. The summed E-state index contributed by atoms with van der Waals surface area (Å²) in [6.07, 6.45) is 5.47. The lowest BCUT2D eigenvalue weighted by Crippen LogP contribution is -1.95. The highest BCUT2D eigenvalue weighted by Crippen LogP contribution is 2.34. The van der Waals surface area contributed by atoms with Gasteiger partial charge in [-0.05, 0) is 42.8 Å². The molecule has 23 heavy (non-hydrogen) atoms. The van der Waals surface area contributed by atoms with Crippen LogP contribution in [0.2, 0.25) is 0 Å². The van der Waals surface area contributed by atoms with Gasteiger partial charge in [-0.2, -0.15) is 10.2 Å². The third-order valence-electron chi connectivity index (χ3n) is 3.80. The summed E-state index contributed by atoms with van der Waals surface area (Å²) in [5, 5.41) is 8.90. The molecule has 1 aromatic carbocycles. The first kappa shape index (κ1) is 13.6. The van der Waals surface area contributed by atoms with E-state index in [-0.39, 0.29) is 5.82 Å². The summed E-state index contributed by atoms with van der Waals surface area (Å²) in [7, 11) is 1.88. The summed E-state index contributed by atoms with van der Waals surface area (Å²) >= 11 is 0. The monoisotopic (exact) mass is 307 g/mol. The fourth-order valence-corrected chi connectivity index (χ4v) is 2.69. The molecular formula is C17H14FN5. The van der Waals surface area contributed by atoms with E-state index in [1.165, 1.54) is 12.1 Å². The number of aromatic nitrogens is 5. The smallest absolute Gasteiger partial charge is 0.165 e. The molecule has 0 saturated heterocycles. The molecule has 0 atom stereocenters. The minimum atomic E-state index is -0.270. The molecule has 3 aromatic heterocycles. The van der Waals surface area contributed by atoms with Gasteiger partial charge in [0.15, 0.2) is 5.65 Å². The summed E-state index contributed by atoms with van der Waals surface area (Å²) in [4.78, 5) is 4.53. The van der Waals surface area contributed by atoms with Crippen LogP contribution >= 0.6 is 0 Å². The lowest BCUT2D eigenvalue weighted by molar-refractivity contribution is 0.628. The van der Waals surface area contributed by atoms with Crippen LogP contribution in [0.5, 0.6) is 0 Å². The molecule has 3 heterocycles. The van der Waals surface area contributed by atoms with E-state index in [0.29, 0.717) is 0 Å². The normalized spacial score (nSPS) is 11.3. The van der Waals surface area contributed by atoms with Crippen molar-refractivity contribution in [1.29, 1.82) is 0 Å². The topological polar surface area (TPSA) is 48.0 Å². The van der Waals surface area contributed by atoms with Crippen molar-refractivity contribution in [3.8, 4) is 22.5 Å². The standard InChI is InChI=1S/C17H14FN5/c1-11-9-19-17-15(14-7-8-20-22(14)2)16(21-23(17)10-11)12-3-5-13(18)6-4-12/h3-10H,1-2H3. The minimum Gasteiger partial charge on any atom is -0.268 e. The van der Waals surface area contributed by atoms with Gasteiger partial charge in [0.2, 0.25) is 0 Å². The van der Waals surface area contributed by atoms with Crippen molar-refractivity contribution < 1.29 is 4.39 Å². The van der Waals surface area contributed by atoms with Crippen LogP contribution in [-0.2, 0) is 7.05 Å². The Morgan fingerprint density at radius 3 is 2.57 bits per heavy atom. The van der Waals surface area contributed by atoms with Crippen molar-refractivity contribution in [3.63, 3.8) is 0 Å². The second kappa shape index (κ2) is 5.01. The molecule has 0 unspecified atom stereocenters. The number of fused-ring (bicyclic) bond motifs is 1. The zero-order chi connectivity index (χ0) is 16.0. The fraction of sp³-hybridized carbons (Fsp3) is 0.118.